The van der Waals surface area contributed by atoms with Gasteiger partial charge in [0, 0.05) is 6.20 Å². The van der Waals surface area contributed by atoms with Crippen molar-refractivity contribution in [2.45, 2.75) is 57.8 Å². The summed E-state index contributed by atoms with van der Waals surface area (Å²) in [7, 11) is -1.83. The number of pyridine rings is 1. The lowest BCUT2D eigenvalue weighted by atomic mass is 10.1. The van der Waals surface area contributed by atoms with Crippen LogP contribution in [-0.4, -0.2) is 19.6 Å². The summed E-state index contributed by atoms with van der Waals surface area (Å²) >= 11 is 6.27. The van der Waals surface area contributed by atoms with Crippen LogP contribution < -0.4 is 0 Å². The van der Waals surface area contributed by atoms with Crippen molar-refractivity contribution in [1.29, 1.82) is 0 Å². The lowest BCUT2D eigenvalue weighted by Crippen LogP contribution is -2.41. The molecule has 20 heavy (non-hydrogen) atoms. The second-order valence-corrected chi connectivity index (χ2v) is 12.0. The lowest BCUT2D eigenvalue weighted by molar-refractivity contribution is 0.112. The summed E-state index contributed by atoms with van der Waals surface area (Å²) in [6.07, 6.45) is 4.07. The number of aldehydes is 1. The summed E-state index contributed by atoms with van der Waals surface area (Å²) in [4.78, 5) is 15.3. The first-order valence-electron chi connectivity index (χ1n) is 6.97. The van der Waals surface area contributed by atoms with E-state index in [-0.39, 0.29) is 11.1 Å². The Morgan fingerprint density at radius 3 is 2.65 bits per heavy atom. The highest BCUT2D eigenvalue weighted by atomic mass is 35.5. The Hall–Kier alpha value is -0.713. The van der Waals surface area contributed by atoms with Crippen molar-refractivity contribution in [2.24, 2.45) is 0 Å². The molecule has 0 amide bonds. The molecular formula is C15H22ClNO2Si. The Morgan fingerprint density at radius 2 is 2.10 bits per heavy atom. The van der Waals surface area contributed by atoms with Crippen molar-refractivity contribution in [3.05, 3.63) is 28.0 Å². The second-order valence-electron chi connectivity index (χ2n) is 6.91. The molecular weight excluding hydrogens is 290 g/mol. The van der Waals surface area contributed by atoms with Gasteiger partial charge in [-0.05, 0) is 36.5 Å². The minimum absolute atomic E-state index is 0.0177. The Bertz CT molecular complexity index is 537. The Balaban J connectivity index is 2.30. The SMILES string of the molecule is CC(C)(C)[Si](C)(C)O[C@@H]1CCc2c1ncc(C=O)c2Cl. The van der Waals surface area contributed by atoms with Gasteiger partial charge in [-0.3, -0.25) is 9.78 Å². The smallest absolute Gasteiger partial charge is 0.192 e. The van der Waals surface area contributed by atoms with Crippen LogP contribution in [0.25, 0.3) is 0 Å². The third kappa shape index (κ3) is 2.69. The normalized spacial score (nSPS) is 19.0. The van der Waals surface area contributed by atoms with Gasteiger partial charge in [0.2, 0.25) is 0 Å². The third-order valence-electron chi connectivity index (χ3n) is 4.50. The highest BCUT2D eigenvalue weighted by molar-refractivity contribution is 6.74. The molecule has 0 aromatic carbocycles. The van der Waals surface area contributed by atoms with Crippen LogP contribution in [0.4, 0.5) is 0 Å². The molecule has 1 aliphatic carbocycles. The number of aromatic nitrogens is 1. The predicted octanol–water partition coefficient (Wildman–Crippen LogP) is 4.56. The quantitative estimate of drug-likeness (QED) is 0.607. The van der Waals surface area contributed by atoms with E-state index in [0.717, 1.165) is 30.4 Å². The molecule has 1 aromatic rings. The van der Waals surface area contributed by atoms with E-state index in [1.165, 1.54) is 0 Å². The van der Waals surface area contributed by atoms with E-state index in [1.54, 1.807) is 6.20 Å². The van der Waals surface area contributed by atoms with E-state index >= 15 is 0 Å². The zero-order chi connectivity index (χ0) is 15.1. The highest BCUT2D eigenvalue weighted by Crippen LogP contribution is 2.44. The van der Waals surface area contributed by atoms with Crippen LogP contribution in [0, 0.1) is 0 Å². The summed E-state index contributed by atoms with van der Waals surface area (Å²) in [5.41, 5.74) is 2.38. The van der Waals surface area contributed by atoms with Crippen LogP contribution in [0.1, 0.15) is 54.9 Å². The molecule has 1 atom stereocenters. The average molecular weight is 312 g/mol. The standard InChI is InChI=1S/C15H22ClNO2Si/c1-15(2,3)20(4,5)19-12-7-6-11-13(16)10(9-18)8-17-14(11)12/h8-9,12H,6-7H2,1-5H3/t12-/m1/s1. The van der Waals surface area contributed by atoms with Gasteiger partial charge in [0.1, 0.15) is 0 Å². The largest absolute Gasteiger partial charge is 0.408 e. The van der Waals surface area contributed by atoms with Crippen LogP contribution in [0.2, 0.25) is 23.2 Å². The molecule has 0 spiro atoms. The van der Waals surface area contributed by atoms with Crippen molar-refractivity contribution in [3.63, 3.8) is 0 Å². The number of halogens is 1. The van der Waals surface area contributed by atoms with Crippen LogP contribution in [-0.2, 0) is 10.8 Å². The van der Waals surface area contributed by atoms with Crippen molar-refractivity contribution < 1.29 is 9.22 Å². The maximum atomic E-state index is 10.9. The molecule has 0 saturated carbocycles. The number of hydrogen-bond donors (Lipinski definition) is 0. The number of fused-ring (bicyclic) bond motifs is 1. The van der Waals surface area contributed by atoms with Gasteiger partial charge in [-0.15, -0.1) is 0 Å². The van der Waals surface area contributed by atoms with Crippen molar-refractivity contribution in [2.75, 3.05) is 0 Å². The van der Waals surface area contributed by atoms with Crippen molar-refractivity contribution in [3.8, 4) is 0 Å². The first-order valence-corrected chi connectivity index (χ1v) is 10.3. The molecule has 110 valence electrons. The zero-order valence-electron chi connectivity index (χ0n) is 12.8. The number of carbonyl (C=O) groups excluding carboxylic acids is 1. The third-order valence-corrected chi connectivity index (χ3v) is 9.43. The molecule has 0 fully saturated rings. The molecule has 0 radical (unpaired) electrons. The number of hydrogen-bond acceptors (Lipinski definition) is 3. The molecule has 0 bridgehead atoms. The lowest BCUT2D eigenvalue weighted by Gasteiger charge is -2.38. The summed E-state index contributed by atoms with van der Waals surface area (Å²) in [6.45, 7) is 11.2. The van der Waals surface area contributed by atoms with Gasteiger partial charge in [0.25, 0.3) is 0 Å². The average Bonchev–Trinajstić information content (AvgIpc) is 2.72. The first kappa shape index (κ1) is 15.7. The minimum Gasteiger partial charge on any atom is -0.408 e. The monoisotopic (exact) mass is 311 g/mol. The van der Waals surface area contributed by atoms with Gasteiger partial charge in [0.15, 0.2) is 14.6 Å². The minimum atomic E-state index is -1.83. The number of nitrogens with zero attached hydrogens (tertiary/aromatic N) is 1. The van der Waals surface area contributed by atoms with E-state index in [2.05, 4.69) is 38.8 Å². The molecule has 0 aliphatic heterocycles. The van der Waals surface area contributed by atoms with Gasteiger partial charge in [-0.2, -0.15) is 0 Å². The second kappa shape index (κ2) is 5.24. The van der Waals surface area contributed by atoms with Gasteiger partial charge in [0.05, 0.1) is 22.4 Å². The maximum absolute atomic E-state index is 10.9. The van der Waals surface area contributed by atoms with E-state index < -0.39 is 8.32 Å². The molecule has 2 rings (SSSR count). The fourth-order valence-electron chi connectivity index (χ4n) is 2.22. The number of rotatable bonds is 3. The summed E-state index contributed by atoms with van der Waals surface area (Å²) in [6, 6.07) is 0. The first-order chi connectivity index (χ1) is 9.17. The molecule has 1 aliphatic rings. The van der Waals surface area contributed by atoms with Crippen LogP contribution in [0.3, 0.4) is 0 Å². The maximum Gasteiger partial charge on any atom is 0.192 e. The summed E-state index contributed by atoms with van der Waals surface area (Å²) in [5, 5.41) is 0.716. The summed E-state index contributed by atoms with van der Waals surface area (Å²) < 4.78 is 6.45. The fraction of sp³-hybridized carbons (Fsp3) is 0.600. The molecule has 3 nitrogen and oxygen atoms in total. The summed E-state index contributed by atoms with van der Waals surface area (Å²) in [5.74, 6) is 0. The van der Waals surface area contributed by atoms with Crippen LogP contribution >= 0.6 is 11.6 Å². The zero-order valence-corrected chi connectivity index (χ0v) is 14.5. The molecule has 0 saturated heterocycles. The molecule has 5 heteroatoms. The van der Waals surface area contributed by atoms with Gasteiger partial charge >= 0.3 is 0 Å². The van der Waals surface area contributed by atoms with E-state index in [1.807, 2.05) is 0 Å². The predicted molar refractivity (Wildman–Crippen MR) is 84.0 cm³/mol. The van der Waals surface area contributed by atoms with Crippen molar-refractivity contribution in [1.82, 2.24) is 4.98 Å². The van der Waals surface area contributed by atoms with Crippen LogP contribution in [0.15, 0.2) is 6.20 Å². The van der Waals surface area contributed by atoms with Gasteiger partial charge in [-0.1, -0.05) is 32.4 Å². The van der Waals surface area contributed by atoms with E-state index in [9.17, 15) is 4.79 Å². The van der Waals surface area contributed by atoms with Crippen molar-refractivity contribution >= 4 is 26.2 Å². The molecule has 1 aromatic heterocycles. The Labute approximate surface area is 126 Å². The number of carbonyl (C=O) groups is 1. The fourth-order valence-corrected chi connectivity index (χ4v) is 3.80. The van der Waals surface area contributed by atoms with E-state index in [0.29, 0.717) is 10.6 Å². The van der Waals surface area contributed by atoms with Crippen LogP contribution in [0.5, 0.6) is 0 Å². The van der Waals surface area contributed by atoms with Gasteiger partial charge in [-0.25, -0.2) is 0 Å². The Morgan fingerprint density at radius 1 is 1.45 bits per heavy atom. The topological polar surface area (TPSA) is 39.2 Å². The highest BCUT2D eigenvalue weighted by Gasteiger charge is 2.41. The molecule has 0 unspecified atom stereocenters. The molecule has 1 heterocycles. The van der Waals surface area contributed by atoms with E-state index in [4.69, 9.17) is 16.0 Å². The molecule has 0 N–H and O–H groups in total. The Kier molecular flexibility index (Phi) is 4.11. The van der Waals surface area contributed by atoms with Gasteiger partial charge < -0.3 is 4.43 Å².